The Morgan fingerprint density at radius 3 is 2.30 bits per heavy atom. The van der Waals surface area contributed by atoms with Crippen molar-refractivity contribution in [1.82, 2.24) is 0 Å². The summed E-state index contributed by atoms with van der Waals surface area (Å²) in [5, 5.41) is 16.8. The van der Waals surface area contributed by atoms with Crippen LogP contribution in [-0.4, -0.2) is 46.7 Å². The Kier molecular flexibility index (Phi) is 4.70. The molecule has 4 aliphatic rings. The van der Waals surface area contributed by atoms with Crippen LogP contribution in [0, 0.1) is 5.41 Å². The number of ether oxygens (including phenoxy) is 1. The van der Waals surface area contributed by atoms with Gasteiger partial charge in [-0.1, -0.05) is 94.2 Å². The Morgan fingerprint density at radius 2 is 1.60 bits per heavy atom. The molecule has 4 aromatic carbocycles. The van der Waals surface area contributed by atoms with Gasteiger partial charge in [0.1, 0.15) is 5.71 Å². The molecule has 1 N–H and O–H groups in total. The molecular formula is C36H37N2O2+. The molecule has 0 aromatic heterocycles. The number of aliphatic hydroxyl groups is 1. The highest BCUT2D eigenvalue weighted by Crippen LogP contribution is 2.61. The zero-order valence-corrected chi connectivity index (χ0v) is 24.2. The summed E-state index contributed by atoms with van der Waals surface area (Å²) in [5.74, 6) is -1.23. The second-order valence-corrected chi connectivity index (χ2v) is 14.1. The van der Waals surface area contributed by atoms with Crippen molar-refractivity contribution >= 4 is 33.6 Å². The summed E-state index contributed by atoms with van der Waals surface area (Å²) in [6.45, 7) is 11.7. The molecule has 1 saturated carbocycles. The van der Waals surface area contributed by atoms with Gasteiger partial charge in [0, 0.05) is 18.1 Å². The number of methoxy groups -OCH3 is 1. The Morgan fingerprint density at radius 1 is 0.925 bits per heavy atom. The molecule has 2 aliphatic carbocycles. The van der Waals surface area contributed by atoms with E-state index in [1.54, 1.807) is 7.11 Å². The van der Waals surface area contributed by atoms with Gasteiger partial charge >= 0.3 is 0 Å². The maximum atomic E-state index is 11.7. The Labute approximate surface area is 236 Å². The van der Waals surface area contributed by atoms with Crippen LogP contribution >= 0.6 is 0 Å². The summed E-state index contributed by atoms with van der Waals surface area (Å²) in [6.07, 6.45) is 3.02. The number of aliphatic imine (C=N–C) groups is 1. The maximum Gasteiger partial charge on any atom is 0.281 e. The second-order valence-electron chi connectivity index (χ2n) is 14.1. The normalized spacial score (nSPS) is 29.2. The van der Waals surface area contributed by atoms with Gasteiger partial charge in [0.15, 0.2) is 12.1 Å². The maximum absolute atomic E-state index is 11.7. The third-order valence-corrected chi connectivity index (χ3v) is 10.1. The molecule has 5 atom stereocenters. The molecule has 40 heavy (non-hydrogen) atoms. The average molecular weight is 530 g/mol. The molecule has 1 fully saturated rings. The molecule has 0 amide bonds. The highest BCUT2D eigenvalue weighted by molar-refractivity contribution is 6.11. The first-order valence-electron chi connectivity index (χ1n) is 14.6. The zero-order valence-electron chi connectivity index (χ0n) is 24.2. The highest BCUT2D eigenvalue weighted by Gasteiger charge is 2.75. The molecule has 4 heteroatoms. The predicted octanol–water partition coefficient (Wildman–Crippen LogP) is 6.68. The first-order chi connectivity index (χ1) is 19.0. The van der Waals surface area contributed by atoms with Gasteiger partial charge < -0.3 is 9.84 Å². The van der Waals surface area contributed by atoms with Gasteiger partial charge in [-0.05, 0) is 67.8 Å². The van der Waals surface area contributed by atoms with E-state index in [1.165, 1.54) is 55.1 Å². The van der Waals surface area contributed by atoms with Gasteiger partial charge in [-0.2, -0.15) is 0 Å². The van der Waals surface area contributed by atoms with E-state index in [0.717, 1.165) is 6.42 Å². The summed E-state index contributed by atoms with van der Waals surface area (Å²) in [5.41, 5.74) is 7.92. The molecule has 5 unspecified atom stereocenters. The van der Waals surface area contributed by atoms with Crippen LogP contribution in [0.1, 0.15) is 74.3 Å². The Bertz CT molecular complexity index is 1820. The number of rotatable bonds is 2. The lowest BCUT2D eigenvalue weighted by Gasteiger charge is -2.30. The SMILES string of the molecule is COC1(O)C2c3cc4ccccc4cc3C3=[N+](C=NC4C3c3cc(CC(C)(C)C)c5ccccc5c3C4(C)C)C21. The quantitative estimate of drug-likeness (QED) is 0.232. The molecule has 2 heterocycles. The van der Waals surface area contributed by atoms with Crippen molar-refractivity contribution in [2.24, 2.45) is 10.4 Å². The van der Waals surface area contributed by atoms with E-state index in [0.29, 0.717) is 0 Å². The number of nitrogens with zero attached hydrogens (tertiary/aromatic N) is 2. The van der Waals surface area contributed by atoms with Gasteiger partial charge in [-0.3, -0.25) is 0 Å². The predicted molar refractivity (Wildman–Crippen MR) is 162 cm³/mol. The molecular weight excluding hydrogens is 492 g/mol. The van der Waals surface area contributed by atoms with E-state index in [9.17, 15) is 5.11 Å². The summed E-state index contributed by atoms with van der Waals surface area (Å²) in [7, 11) is 1.63. The van der Waals surface area contributed by atoms with Crippen LogP contribution in [0.4, 0.5) is 0 Å². The molecule has 4 nitrogen and oxygen atoms in total. The second kappa shape index (κ2) is 7.69. The van der Waals surface area contributed by atoms with Crippen molar-refractivity contribution in [2.45, 2.75) is 76.2 Å². The summed E-state index contributed by atoms with van der Waals surface area (Å²) >= 11 is 0. The molecule has 0 spiro atoms. The van der Waals surface area contributed by atoms with Gasteiger partial charge in [0.2, 0.25) is 5.79 Å². The van der Waals surface area contributed by atoms with Crippen LogP contribution in [0.25, 0.3) is 21.5 Å². The largest absolute Gasteiger partial charge is 0.362 e. The van der Waals surface area contributed by atoms with Crippen LogP contribution in [0.2, 0.25) is 0 Å². The molecule has 0 radical (unpaired) electrons. The molecule has 4 aromatic rings. The van der Waals surface area contributed by atoms with E-state index in [-0.39, 0.29) is 34.7 Å². The monoisotopic (exact) mass is 529 g/mol. The van der Waals surface area contributed by atoms with Crippen LogP contribution in [0.15, 0.2) is 71.7 Å². The first kappa shape index (κ1) is 24.5. The van der Waals surface area contributed by atoms with Crippen molar-refractivity contribution in [3.8, 4) is 0 Å². The summed E-state index contributed by atoms with van der Waals surface area (Å²) in [6, 6.07) is 24.6. The van der Waals surface area contributed by atoms with E-state index < -0.39 is 5.79 Å². The number of fused-ring (bicyclic) bond motifs is 12. The molecule has 202 valence electrons. The zero-order chi connectivity index (χ0) is 27.8. The van der Waals surface area contributed by atoms with Gasteiger partial charge in [-0.15, -0.1) is 0 Å². The molecule has 2 aliphatic heterocycles. The third-order valence-electron chi connectivity index (χ3n) is 10.1. The van der Waals surface area contributed by atoms with E-state index >= 15 is 0 Å². The van der Waals surface area contributed by atoms with Crippen LogP contribution in [0.5, 0.6) is 0 Å². The van der Waals surface area contributed by atoms with Crippen molar-refractivity contribution in [1.29, 1.82) is 0 Å². The summed E-state index contributed by atoms with van der Waals surface area (Å²) < 4.78 is 8.07. The Hall–Kier alpha value is -3.34. The first-order valence-corrected chi connectivity index (χ1v) is 14.6. The molecule has 0 bridgehead atoms. The third kappa shape index (κ3) is 3.04. The minimum absolute atomic E-state index is 0.0762. The van der Waals surface area contributed by atoms with E-state index in [4.69, 9.17) is 9.73 Å². The number of hydrogen-bond acceptors (Lipinski definition) is 3. The van der Waals surface area contributed by atoms with E-state index in [2.05, 4.69) is 106 Å². The van der Waals surface area contributed by atoms with Crippen LogP contribution in [0.3, 0.4) is 0 Å². The topological polar surface area (TPSA) is 44.8 Å². The molecule has 0 saturated heterocycles. The van der Waals surface area contributed by atoms with Crippen molar-refractivity contribution in [3.05, 3.63) is 94.5 Å². The van der Waals surface area contributed by atoms with Gasteiger partial charge in [0.25, 0.3) is 6.34 Å². The minimum atomic E-state index is -1.23. The van der Waals surface area contributed by atoms with Gasteiger partial charge in [-0.25, -0.2) is 4.58 Å². The smallest absolute Gasteiger partial charge is 0.281 e. The average Bonchev–Trinajstić information content (AvgIpc) is 3.48. The number of hydrogen-bond donors (Lipinski definition) is 1. The Balaban J connectivity index is 1.44. The summed E-state index contributed by atoms with van der Waals surface area (Å²) in [4.78, 5) is 5.28. The lowest BCUT2D eigenvalue weighted by Crippen LogP contribution is -2.44. The molecule has 8 rings (SSSR count). The lowest BCUT2D eigenvalue weighted by atomic mass is 9.77. The van der Waals surface area contributed by atoms with Crippen LogP contribution < -0.4 is 0 Å². The van der Waals surface area contributed by atoms with Crippen molar-refractivity contribution in [3.63, 3.8) is 0 Å². The highest BCUT2D eigenvalue weighted by atomic mass is 16.6. The standard InChI is InChI=1S/C36H37N2O2/c1-34(2,3)18-22-17-27-28-31-26-16-21-12-8-7-11-20(21)15-25(26)30-33(36(30,39)40-6)38(31)19-37-32(28)35(4,5)29(27)24-14-10-9-13-23(22)24/h7-17,19,28,30,32-33,39H,18H2,1-6H3/q+1. The lowest BCUT2D eigenvalue weighted by molar-refractivity contribution is -0.443. The van der Waals surface area contributed by atoms with Crippen molar-refractivity contribution < 1.29 is 14.4 Å². The number of benzene rings is 4. The fourth-order valence-corrected chi connectivity index (χ4v) is 8.43. The minimum Gasteiger partial charge on any atom is -0.362 e. The van der Waals surface area contributed by atoms with Gasteiger partial charge in [0.05, 0.1) is 11.8 Å². The van der Waals surface area contributed by atoms with Crippen LogP contribution in [-0.2, 0) is 16.6 Å². The van der Waals surface area contributed by atoms with Crippen molar-refractivity contribution in [2.75, 3.05) is 7.11 Å². The van der Waals surface area contributed by atoms with E-state index in [1.807, 2.05) is 6.34 Å². The fourth-order valence-electron chi connectivity index (χ4n) is 8.43. The fraction of sp³-hybridized carbons (Fsp3) is 0.389.